The van der Waals surface area contributed by atoms with Crippen LogP contribution in [0, 0.1) is 6.92 Å². The first kappa shape index (κ1) is 18.1. The monoisotopic (exact) mass is 346 g/mol. The predicted octanol–water partition coefficient (Wildman–Crippen LogP) is 3.88. The summed E-state index contributed by atoms with van der Waals surface area (Å²) in [7, 11) is 0. The van der Waals surface area contributed by atoms with Crippen LogP contribution in [-0.2, 0) is 4.79 Å². The molecule has 2 N–H and O–H groups in total. The van der Waals surface area contributed by atoms with Crippen molar-refractivity contribution in [1.82, 2.24) is 10.3 Å². The summed E-state index contributed by atoms with van der Waals surface area (Å²) in [5, 5.41) is 14.4. The number of thiazole rings is 1. The van der Waals surface area contributed by atoms with Crippen LogP contribution in [-0.4, -0.2) is 28.5 Å². The molecule has 128 valence electrons. The summed E-state index contributed by atoms with van der Waals surface area (Å²) < 4.78 is 0. The lowest BCUT2D eigenvalue weighted by molar-refractivity contribution is -0.137. The molecule has 0 saturated heterocycles. The maximum absolute atomic E-state index is 12.2. The number of nitrogens with one attached hydrogen (secondary N) is 1. The van der Waals surface area contributed by atoms with E-state index in [-0.39, 0.29) is 12.3 Å². The van der Waals surface area contributed by atoms with Crippen LogP contribution in [0.4, 0.5) is 0 Å². The second-order valence-corrected chi connectivity index (χ2v) is 6.55. The zero-order chi connectivity index (χ0) is 17.4. The molecule has 24 heavy (non-hydrogen) atoms. The number of nitrogens with zero attached hydrogens (tertiary/aromatic N) is 1. The number of carboxylic acid groups (broad SMARTS) is 1. The van der Waals surface area contributed by atoms with E-state index in [1.807, 2.05) is 30.5 Å². The zero-order valence-electron chi connectivity index (χ0n) is 13.7. The highest BCUT2D eigenvalue weighted by molar-refractivity contribution is 7.13. The summed E-state index contributed by atoms with van der Waals surface area (Å²) >= 11 is 1.57. The number of benzene rings is 1. The Bertz CT molecular complexity index is 697. The minimum absolute atomic E-state index is 0.0873. The average molecular weight is 346 g/mol. The van der Waals surface area contributed by atoms with Crippen molar-refractivity contribution in [3.8, 4) is 10.6 Å². The Kier molecular flexibility index (Phi) is 6.93. The lowest BCUT2D eigenvalue weighted by atomic mass is 10.1. The number of amides is 1. The highest BCUT2D eigenvalue weighted by Crippen LogP contribution is 2.24. The van der Waals surface area contributed by atoms with Gasteiger partial charge in [-0.3, -0.25) is 9.59 Å². The van der Waals surface area contributed by atoms with Crippen LogP contribution in [0.1, 0.15) is 48.2 Å². The molecule has 1 aromatic carbocycles. The molecule has 0 aliphatic rings. The zero-order valence-corrected chi connectivity index (χ0v) is 14.6. The molecule has 0 aliphatic carbocycles. The van der Waals surface area contributed by atoms with Gasteiger partial charge in [0.1, 0.15) is 5.01 Å². The Morgan fingerprint density at radius 3 is 2.71 bits per heavy atom. The number of unbranched alkanes of at least 4 members (excludes halogenated alkanes) is 3. The van der Waals surface area contributed by atoms with Crippen LogP contribution in [0.3, 0.4) is 0 Å². The van der Waals surface area contributed by atoms with E-state index in [0.717, 1.165) is 35.5 Å². The van der Waals surface area contributed by atoms with Crippen LogP contribution >= 0.6 is 11.3 Å². The molecular weight excluding hydrogens is 324 g/mol. The number of aromatic nitrogens is 1. The topological polar surface area (TPSA) is 79.3 Å². The van der Waals surface area contributed by atoms with E-state index in [0.29, 0.717) is 18.5 Å². The number of carbonyl (C=O) groups is 2. The summed E-state index contributed by atoms with van der Waals surface area (Å²) in [5.74, 6) is -0.839. The number of aliphatic carboxylic acids is 1. The van der Waals surface area contributed by atoms with E-state index >= 15 is 0 Å². The van der Waals surface area contributed by atoms with Gasteiger partial charge in [-0.05, 0) is 31.9 Å². The minimum Gasteiger partial charge on any atom is -0.481 e. The maximum Gasteiger partial charge on any atom is 0.303 e. The molecule has 0 saturated carbocycles. The first-order chi connectivity index (χ1) is 11.6. The number of carboxylic acids is 1. The van der Waals surface area contributed by atoms with E-state index < -0.39 is 5.97 Å². The molecule has 6 heteroatoms. The highest BCUT2D eigenvalue weighted by Gasteiger charge is 2.08. The van der Waals surface area contributed by atoms with Crippen LogP contribution < -0.4 is 5.32 Å². The van der Waals surface area contributed by atoms with Crippen molar-refractivity contribution >= 4 is 23.2 Å². The number of hydrogen-bond donors (Lipinski definition) is 2. The Labute approximate surface area is 145 Å². The quantitative estimate of drug-likeness (QED) is 0.675. The normalized spacial score (nSPS) is 10.5. The minimum atomic E-state index is -0.751. The fourth-order valence-corrected chi connectivity index (χ4v) is 3.13. The molecule has 0 spiro atoms. The predicted molar refractivity (Wildman–Crippen MR) is 95.3 cm³/mol. The lowest BCUT2D eigenvalue weighted by Crippen LogP contribution is -2.24. The van der Waals surface area contributed by atoms with Crippen LogP contribution in [0.15, 0.2) is 29.6 Å². The molecule has 0 atom stereocenters. The van der Waals surface area contributed by atoms with Gasteiger partial charge in [-0.2, -0.15) is 0 Å². The summed E-state index contributed by atoms with van der Waals surface area (Å²) in [6.07, 6.45) is 3.57. The first-order valence-corrected chi connectivity index (χ1v) is 8.97. The third-order valence-electron chi connectivity index (χ3n) is 3.59. The molecule has 5 nitrogen and oxygen atoms in total. The van der Waals surface area contributed by atoms with Gasteiger partial charge in [0.15, 0.2) is 0 Å². The van der Waals surface area contributed by atoms with Gasteiger partial charge in [0.05, 0.1) is 0 Å². The Hall–Kier alpha value is -2.21. The van der Waals surface area contributed by atoms with E-state index in [4.69, 9.17) is 5.11 Å². The van der Waals surface area contributed by atoms with Gasteiger partial charge in [0.2, 0.25) is 0 Å². The molecule has 0 radical (unpaired) electrons. The van der Waals surface area contributed by atoms with Gasteiger partial charge in [-0.15, -0.1) is 11.3 Å². The van der Waals surface area contributed by atoms with Crippen LogP contribution in [0.5, 0.6) is 0 Å². The standard InChI is InChI=1S/C18H22N2O3S/c1-13-12-24-18(20-13)15-8-6-7-14(11-15)17(23)19-10-5-3-2-4-9-16(21)22/h6-8,11-12H,2-5,9-10H2,1H3,(H,19,23)(H,21,22). The summed E-state index contributed by atoms with van der Waals surface area (Å²) in [6.45, 7) is 2.56. The molecule has 2 rings (SSSR count). The van der Waals surface area contributed by atoms with Gasteiger partial charge >= 0.3 is 5.97 Å². The van der Waals surface area contributed by atoms with Crippen LogP contribution in [0.2, 0.25) is 0 Å². The maximum atomic E-state index is 12.2. The van der Waals surface area contributed by atoms with E-state index in [9.17, 15) is 9.59 Å². The number of carbonyl (C=O) groups excluding carboxylic acids is 1. The Balaban J connectivity index is 1.77. The SMILES string of the molecule is Cc1csc(-c2cccc(C(=O)NCCCCCCC(=O)O)c2)n1. The van der Waals surface area contributed by atoms with Gasteiger partial charge < -0.3 is 10.4 Å². The molecular formula is C18H22N2O3S. The number of rotatable bonds is 9. The molecule has 1 heterocycles. The van der Waals surface area contributed by atoms with Gasteiger partial charge in [-0.1, -0.05) is 25.0 Å². The molecule has 0 bridgehead atoms. The molecule has 1 amide bonds. The van der Waals surface area contributed by atoms with Crippen molar-refractivity contribution in [1.29, 1.82) is 0 Å². The van der Waals surface area contributed by atoms with Crippen molar-refractivity contribution in [3.63, 3.8) is 0 Å². The van der Waals surface area contributed by atoms with Crippen molar-refractivity contribution in [2.24, 2.45) is 0 Å². The summed E-state index contributed by atoms with van der Waals surface area (Å²) in [4.78, 5) is 27.1. The largest absolute Gasteiger partial charge is 0.481 e. The van der Waals surface area contributed by atoms with Crippen molar-refractivity contribution in [2.75, 3.05) is 6.54 Å². The molecule has 0 unspecified atom stereocenters. The Morgan fingerprint density at radius 1 is 1.21 bits per heavy atom. The van der Waals surface area contributed by atoms with E-state index in [1.165, 1.54) is 0 Å². The summed E-state index contributed by atoms with van der Waals surface area (Å²) in [5.41, 5.74) is 2.56. The molecule has 0 aliphatic heterocycles. The molecule has 1 aromatic heterocycles. The van der Waals surface area contributed by atoms with Gasteiger partial charge in [0, 0.05) is 35.2 Å². The van der Waals surface area contributed by atoms with Crippen LogP contribution in [0.25, 0.3) is 10.6 Å². The van der Waals surface area contributed by atoms with Crippen molar-refractivity contribution in [2.45, 2.75) is 39.0 Å². The Morgan fingerprint density at radius 2 is 2.00 bits per heavy atom. The second-order valence-electron chi connectivity index (χ2n) is 5.69. The lowest BCUT2D eigenvalue weighted by Gasteiger charge is -2.06. The van der Waals surface area contributed by atoms with Gasteiger partial charge in [0.25, 0.3) is 5.91 Å². The second kappa shape index (κ2) is 9.17. The number of hydrogen-bond acceptors (Lipinski definition) is 4. The highest BCUT2D eigenvalue weighted by atomic mass is 32.1. The smallest absolute Gasteiger partial charge is 0.303 e. The van der Waals surface area contributed by atoms with Crippen molar-refractivity contribution in [3.05, 3.63) is 40.9 Å². The van der Waals surface area contributed by atoms with E-state index in [1.54, 1.807) is 17.4 Å². The van der Waals surface area contributed by atoms with Crippen molar-refractivity contribution < 1.29 is 14.7 Å². The number of aryl methyl sites for hydroxylation is 1. The van der Waals surface area contributed by atoms with E-state index in [2.05, 4.69) is 10.3 Å². The fraction of sp³-hybridized carbons (Fsp3) is 0.389. The first-order valence-electron chi connectivity index (χ1n) is 8.09. The fourth-order valence-electron chi connectivity index (χ4n) is 2.34. The third kappa shape index (κ3) is 5.77. The molecule has 0 fully saturated rings. The van der Waals surface area contributed by atoms with Gasteiger partial charge in [-0.25, -0.2) is 4.98 Å². The molecule has 2 aromatic rings. The average Bonchev–Trinajstić information content (AvgIpc) is 3.00. The third-order valence-corrected chi connectivity index (χ3v) is 4.60. The summed E-state index contributed by atoms with van der Waals surface area (Å²) in [6, 6.07) is 7.48.